The topological polar surface area (TPSA) is 20.2 Å². The lowest BCUT2D eigenvalue weighted by Gasteiger charge is -2.45. The van der Waals surface area contributed by atoms with Crippen LogP contribution in [0.3, 0.4) is 0 Å². The fourth-order valence-corrected chi connectivity index (χ4v) is 3.23. The van der Waals surface area contributed by atoms with Crippen LogP contribution in [0.5, 0.6) is 0 Å². The van der Waals surface area contributed by atoms with Gasteiger partial charge in [0.1, 0.15) is 0 Å². The van der Waals surface area contributed by atoms with Crippen molar-refractivity contribution < 1.29 is 5.11 Å². The van der Waals surface area contributed by atoms with E-state index in [4.69, 9.17) is 0 Å². The lowest BCUT2D eigenvalue weighted by Crippen LogP contribution is -2.46. The summed E-state index contributed by atoms with van der Waals surface area (Å²) in [7, 11) is 0. The molecule has 2 aliphatic carbocycles. The molecular weight excluding hydrogens is 196 g/mol. The molecule has 0 bridgehead atoms. The first-order valence-corrected chi connectivity index (χ1v) is 6.53. The Balaban J connectivity index is 2.44. The standard InChI is InChI=1S/C15H24O/c1-10(2)15(16)8-7-12(4)13-6-5-11(3)9-14(13)15/h9-10,14,16H,5-8H2,1-4H3/t14?,15-/m1/s1. The average Bonchev–Trinajstić information content (AvgIpc) is 2.23. The molecule has 1 heteroatoms. The molecule has 0 spiro atoms. The quantitative estimate of drug-likeness (QED) is 0.666. The first-order valence-electron chi connectivity index (χ1n) is 6.53. The molecule has 0 amide bonds. The smallest absolute Gasteiger partial charge is 0.0773 e. The lowest BCUT2D eigenvalue weighted by molar-refractivity contribution is -0.0463. The van der Waals surface area contributed by atoms with Crippen molar-refractivity contribution in [3.05, 3.63) is 22.8 Å². The Morgan fingerprint density at radius 2 is 1.94 bits per heavy atom. The first-order chi connectivity index (χ1) is 7.45. The molecule has 0 saturated carbocycles. The van der Waals surface area contributed by atoms with Crippen LogP contribution in [0.1, 0.15) is 53.4 Å². The second kappa shape index (κ2) is 4.03. The van der Waals surface area contributed by atoms with E-state index >= 15 is 0 Å². The van der Waals surface area contributed by atoms with Gasteiger partial charge in [-0.3, -0.25) is 0 Å². The zero-order chi connectivity index (χ0) is 11.9. The Kier molecular flexibility index (Phi) is 3.00. The number of fused-ring (bicyclic) bond motifs is 1. The molecule has 2 aliphatic rings. The highest BCUT2D eigenvalue weighted by Crippen LogP contribution is 2.47. The molecule has 0 aromatic rings. The van der Waals surface area contributed by atoms with Crippen molar-refractivity contribution in [2.45, 2.75) is 59.0 Å². The summed E-state index contributed by atoms with van der Waals surface area (Å²) in [5, 5.41) is 10.9. The van der Waals surface area contributed by atoms with E-state index in [-0.39, 0.29) is 5.92 Å². The second-order valence-electron chi connectivity index (χ2n) is 5.94. The van der Waals surface area contributed by atoms with Crippen molar-refractivity contribution in [2.75, 3.05) is 0 Å². The molecule has 0 heterocycles. The number of hydrogen-bond acceptors (Lipinski definition) is 1. The van der Waals surface area contributed by atoms with Crippen LogP contribution in [0.4, 0.5) is 0 Å². The van der Waals surface area contributed by atoms with Crippen molar-refractivity contribution in [2.24, 2.45) is 11.8 Å². The van der Waals surface area contributed by atoms with E-state index in [9.17, 15) is 5.11 Å². The van der Waals surface area contributed by atoms with Crippen LogP contribution in [0.2, 0.25) is 0 Å². The van der Waals surface area contributed by atoms with Gasteiger partial charge in [-0.1, -0.05) is 36.6 Å². The van der Waals surface area contributed by atoms with Crippen molar-refractivity contribution in [3.8, 4) is 0 Å². The van der Waals surface area contributed by atoms with E-state index in [1.165, 1.54) is 23.1 Å². The van der Waals surface area contributed by atoms with Crippen LogP contribution in [0.25, 0.3) is 0 Å². The fourth-order valence-electron chi connectivity index (χ4n) is 3.23. The molecule has 1 unspecified atom stereocenters. The number of allylic oxidation sites excluding steroid dienone is 2. The van der Waals surface area contributed by atoms with Gasteiger partial charge < -0.3 is 5.11 Å². The molecule has 2 atom stereocenters. The van der Waals surface area contributed by atoms with Gasteiger partial charge in [0.2, 0.25) is 0 Å². The monoisotopic (exact) mass is 220 g/mol. The summed E-state index contributed by atoms with van der Waals surface area (Å²) in [4.78, 5) is 0. The molecule has 1 N–H and O–H groups in total. The molecule has 0 aromatic heterocycles. The molecule has 1 nitrogen and oxygen atoms in total. The van der Waals surface area contributed by atoms with Crippen LogP contribution in [0.15, 0.2) is 22.8 Å². The third-order valence-electron chi connectivity index (χ3n) is 4.60. The maximum atomic E-state index is 10.9. The van der Waals surface area contributed by atoms with Crippen LogP contribution >= 0.6 is 0 Å². The summed E-state index contributed by atoms with van der Waals surface area (Å²) < 4.78 is 0. The molecule has 0 saturated heterocycles. The molecule has 0 aromatic carbocycles. The minimum Gasteiger partial charge on any atom is -0.389 e. The SMILES string of the molecule is CC1=CC2C(=C(C)CC[C@@]2(O)C(C)C)CC1. The van der Waals surface area contributed by atoms with Gasteiger partial charge in [-0.25, -0.2) is 0 Å². The Hall–Kier alpha value is -0.560. The van der Waals surface area contributed by atoms with E-state index < -0.39 is 5.60 Å². The Morgan fingerprint density at radius 1 is 1.25 bits per heavy atom. The van der Waals surface area contributed by atoms with E-state index in [0.29, 0.717) is 5.92 Å². The zero-order valence-electron chi connectivity index (χ0n) is 11.0. The molecule has 2 rings (SSSR count). The third kappa shape index (κ3) is 1.75. The van der Waals surface area contributed by atoms with E-state index in [1.807, 2.05) is 0 Å². The highest BCUT2D eigenvalue weighted by atomic mass is 16.3. The van der Waals surface area contributed by atoms with Gasteiger partial charge in [-0.05, 0) is 45.4 Å². The van der Waals surface area contributed by atoms with Crippen molar-refractivity contribution >= 4 is 0 Å². The average molecular weight is 220 g/mol. The van der Waals surface area contributed by atoms with Gasteiger partial charge in [0.05, 0.1) is 5.60 Å². The fraction of sp³-hybridized carbons (Fsp3) is 0.733. The second-order valence-corrected chi connectivity index (χ2v) is 5.94. The van der Waals surface area contributed by atoms with Gasteiger partial charge >= 0.3 is 0 Å². The van der Waals surface area contributed by atoms with E-state index in [2.05, 4.69) is 33.8 Å². The number of rotatable bonds is 1. The largest absolute Gasteiger partial charge is 0.389 e. The molecule has 0 radical (unpaired) electrons. The summed E-state index contributed by atoms with van der Waals surface area (Å²) in [5.41, 5.74) is 3.99. The van der Waals surface area contributed by atoms with Crippen molar-refractivity contribution in [1.29, 1.82) is 0 Å². The Labute approximate surface area is 99.3 Å². The van der Waals surface area contributed by atoms with Crippen molar-refractivity contribution in [1.82, 2.24) is 0 Å². The molecule has 0 aliphatic heterocycles. The predicted molar refractivity (Wildman–Crippen MR) is 68.2 cm³/mol. The highest BCUT2D eigenvalue weighted by molar-refractivity contribution is 5.33. The molecule has 16 heavy (non-hydrogen) atoms. The van der Waals surface area contributed by atoms with Gasteiger partial charge in [-0.15, -0.1) is 0 Å². The zero-order valence-corrected chi connectivity index (χ0v) is 11.0. The summed E-state index contributed by atoms with van der Waals surface area (Å²) in [6.07, 6.45) is 6.66. The van der Waals surface area contributed by atoms with Crippen LogP contribution in [-0.2, 0) is 0 Å². The van der Waals surface area contributed by atoms with Gasteiger partial charge in [-0.2, -0.15) is 0 Å². The van der Waals surface area contributed by atoms with Crippen molar-refractivity contribution in [3.63, 3.8) is 0 Å². The Morgan fingerprint density at radius 3 is 2.56 bits per heavy atom. The lowest BCUT2D eigenvalue weighted by atomic mass is 9.64. The van der Waals surface area contributed by atoms with Crippen LogP contribution in [0, 0.1) is 11.8 Å². The minimum absolute atomic E-state index is 0.287. The highest BCUT2D eigenvalue weighted by Gasteiger charge is 2.43. The summed E-state index contributed by atoms with van der Waals surface area (Å²) >= 11 is 0. The number of hydrogen-bond donors (Lipinski definition) is 1. The summed E-state index contributed by atoms with van der Waals surface area (Å²) in [6, 6.07) is 0. The van der Waals surface area contributed by atoms with Gasteiger partial charge in [0.25, 0.3) is 0 Å². The van der Waals surface area contributed by atoms with Gasteiger partial charge in [0.15, 0.2) is 0 Å². The predicted octanol–water partition coefficient (Wildman–Crippen LogP) is 3.84. The third-order valence-corrected chi connectivity index (χ3v) is 4.60. The normalized spacial score (nSPS) is 35.1. The maximum absolute atomic E-state index is 10.9. The van der Waals surface area contributed by atoms with Gasteiger partial charge in [0, 0.05) is 5.92 Å². The minimum atomic E-state index is -0.503. The summed E-state index contributed by atoms with van der Waals surface area (Å²) in [6.45, 7) is 8.74. The molecule has 90 valence electrons. The van der Waals surface area contributed by atoms with Crippen LogP contribution in [-0.4, -0.2) is 10.7 Å². The van der Waals surface area contributed by atoms with E-state index in [0.717, 1.165) is 19.3 Å². The molecule has 0 fully saturated rings. The Bertz CT molecular complexity index is 348. The number of aliphatic hydroxyl groups is 1. The van der Waals surface area contributed by atoms with E-state index in [1.54, 1.807) is 0 Å². The maximum Gasteiger partial charge on any atom is 0.0773 e. The first kappa shape index (κ1) is 11.9. The molecular formula is C15H24O. The summed E-state index contributed by atoms with van der Waals surface area (Å²) in [5.74, 6) is 0.623. The van der Waals surface area contributed by atoms with Crippen LogP contribution < -0.4 is 0 Å².